The summed E-state index contributed by atoms with van der Waals surface area (Å²) in [6, 6.07) is 8.50. The van der Waals surface area contributed by atoms with Gasteiger partial charge >= 0.3 is 0 Å². The summed E-state index contributed by atoms with van der Waals surface area (Å²) in [6.07, 6.45) is 3.49. The number of nitrogens with two attached hydrogens (primary N) is 1. The number of guanidine groups is 1. The molecular weight excluding hydrogens is 276 g/mol. The highest BCUT2D eigenvalue weighted by Crippen LogP contribution is 2.59. The maximum atomic E-state index is 6.15. The minimum Gasteiger partial charge on any atom is -0.349 e. The first kappa shape index (κ1) is 14.0. The largest absolute Gasteiger partial charge is 0.349 e. The van der Waals surface area contributed by atoms with Crippen molar-refractivity contribution in [2.45, 2.75) is 51.3 Å². The van der Waals surface area contributed by atoms with Gasteiger partial charge in [-0.2, -0.15) is 0 Å². The second-order valence-electron chi connectivity index (χ2n) is 7.72. The molecule has 0 aromatic heterocycles. The van der Waals surface area contributed by atoms with Gasteiger partial charge in [-0.05, 0) is 51.5 Å². The van der Waals surface area contributed by atoms with Crippen LogP contribution in [0.1, 0.15) is 44.7 Å². The van der Waals surface area contributed by atoms with E-state index in [0.29, 0.717) is 17.8 Å². The number of benzene rings is 1. The third kappa shape index (κ3) is 2.11. The molecule has 1 saturated carbocycles. The molecule has 0 amide bonds. The van der Waals surface area contributed by atoms with E-state index in [1.807, 2.05) is 0 Å². The first-order valence-corrected chi connectivity index (χ1v) is 8.09. The van der Waals surface area contributed by atoms with Crippen LogP contribution in [0.3, 0.4) is 0 Å². The Bertz CT molecular complexity index is 636. The van der Waals surface area contributed by atoms with Gasteiger partial charge in [0.25, 0.3) is 0 Å². The molecule has 3 N–H and O–H groups in total. The highest BCUT2D eigenvalue weighted by molar-refractivity contribution is 5.81. The van der Waals surface area contributed by atoms with Gasteiger partial charge in [0.2, 0.25) is 11.7 Å². The smallest absolute Gasteiger partial charge is 0.237 e. The van der Waals surface area contributed by atoms with Gasteiger partial charge < -0.3 is 5.32 Å². The fourth-order valence-electron chi connectivity index (χ4n) is 3.77. The molecule has 1 heterocycles. The average molecular weight is 300 g/mol. The zero-order valence-corrected chi connectivity index (χ0v) is 13.5. The predicted molar refractivity (Wildman–Crippen MR) is 85.5 cm³/mol. The zero-order valence-electron chi connectivity index (χ0n) is 13.5. The van der Waals surface area contributed by atoms with Gasteiger partial charge in [0, 0.05) is 17.0 Å². The minimum absolute atomic E-state index is 0.113. The highest BCUT2D eigenvalue weighted by Gasteiger charge is 2.60. The fraction of sp³-hybridized carbons (Fsp3) is 0.588. The standard InChI is InChI=1S/C17H24N4O/c1-16(2,3)19-15-20-17(22-21(15)18)13-7-5-4-6-11(13)8-9-12-10-14(12)17/h4-7,12,14H,8-10,18H2,1-3H3,(H,19,20). The lowest BCUT2D eigenvalue weighted by molar-refractivity contribution is -0.200. The normalized spacial score (nSPS) is 33.1. The second kappa shape index (κ2) is 4.46. The number of hydrazine groups is 1. The van der Waals surface area contributed by atoms with Crippen LogP contribution in [0.5, 0.6) is 0 Å². The first-order valence-electron chi connectivity index (χ1n) is 8.09. The van der Waals surface area contributed by atoms with E-state index in [0.717, 1.165) is 6.42 Å². The van der Waals surface area contributed by atoms with Gasteiger partial charge in [0.05, 0.1) is 0 Å². The molecule has 22 heavy (non-hydrogen) atoms. The molecule has 0 radical (unpaired) electrons. The van der Waals surface area contributed by atoms with Gasteiger partial charge in [-0.3, -0.25) is 0 Å². The Hall–Kier alpha value is -1.59. The van der Waals surface area contributed by atoms with Crippen LogP contribution >= 0.6 is 0 Å². The molecule has 2 aliphatic carbocycles. The fourth-order valence-corrected chi connectivity index (χ4v) is 3.77. The molecule has 5 heteroatoms. The molecule has 118 valence electrons. The topological polar surface area (TPSA) is 62.9 Å². The number of fused-ring (bicyclic) bond motifs is 4. The summed E-state index contributed by atoms with van der Waals surface area (Å²) in [6.45, 7) is 6.28. The number of aliphatic imine (C=N–C) groups is 1. The van der Waals surface area contributed by atoms with Gasteiger partial charge in [0.1, 0.15) is 0 Å². The van der Waals surface area contributed by atoms with Crippen molar-refractivity contribution >= 4 is 5.96 Å². The minimum atomic E-state index is -0.639. The van der Waals surface area contributed by atoms with E-state index in [1.165, 1.54) is 29.1 Å². The van der Waals surface area contributed by atoms with Crippen molar-refractivity contribution in [1.29, 1.82) is 0 Å². The lowest BCUT2D eigenvalue weighted by atomic mass is 9.94. The van der Waals surface area contributed by atoms with Crippen molar-refractivity contribution < 1.29 is 4.84 Å². The molecule has 0 saturated heterocycles. The van der Waals surface area contributed by atoms with Crippen molar-refractivity contribution in [3.8, 4) is 0 Å². The van der Waals surface area contributed by atoms with E-state index in [4.69, 9.17) is 15.7 Å². The number of nitrogens with zero attached hydrogens (tertiary/aromatic N) is 2. The lowest BCUT2D eigenvalue weighted by Gasteiger charge is -2.27. The summed E-state index contributed by atoms with van der Waals surface area (Å²) >= 11 is 0. The summed E-state index contributed by atoms with van der Waals surface area (Å²) in [5.41, 5.74) is 1.77. The van der Waals surface area contributed by atoms with E-state index in [2.05, 4.69) is 50.4 Å². The van der Waals surface area contributed by atoms with Crippen LogP contribution in [0.4, 0.5) is 0 Å². The van der Waals surface area contributed by atoms with Gasteiger partial charge in [-0.15, -0.1) is 5.17 Å². The second-order valence-corrected chi connectivity index (χ2v) is 7.72. The third-order valence-corrected chi connectivity index (χ3v) is 4.82. The number of rotatable bonds is 0. The highest BCUT2D eigenvalue weighted by atomic mass is 16.7. The van der Waals surface area contributed by atoms with Crippen LogP contribution in [0, 0.1) is 11.8 Å². The van der Waals surface area contributed by atoms with E-state index in [-0.39, 0.29) is 5.54 Å². The molecule has 1 aromatic carbocycles. The Labute approximate surface area is 131 Å². The Morgan fingerprint density at radius 2 is 2.14 bits per heavy atom. The van der Waals surface area contributed by atoms with Crippen molar-refractivity contribution in [2.24, 2.45) is 22.7 Å². The van der Waals surface area contributed by atoms with Crippen LogP contribution in [0.2, 0.25) is 0 Å². The summed E-state index contributed by atoms with van der Waals surface area (Å²) in [5.74, 6) is 7.84. The molecular formula is C17H24N4O. The van der Waals surface area contributed by atoms with Crippen molar-refractivity contribution in [3.63, 3.8) is 0 Å². The zero-order chi connectivity index (χ0) is 15.5. The molecule has 1 aliphatic heterocycles. The number of nitrogens with one attached hydrogen (secondary N) is 1. The van der Waals surface area contributed by atoms with Crippen molar-refractivity contribution in [1.82, 2.24) is 10.5 Å². The van der Waals surface area contributed by atoms with Crippen molar-refractivity contribution in [3.05, 3.63) is 35.4 Å². The molecule has 3 aliphatic rings. The van der Waals surface area contributed by atoms with Crippen LogP contribution in [0.25, 0.3) is 0 Å². The summed E-state index contributed by atoms with van der Waals surface area (Å²) in [5, 5.41) is 4.68. The molecule has 1 spiro atoms. The Morgan fingerprint density at radius 1 is 1.36 bits per heavy atom. The summed E-state index contributed by atoms with van der Waals surface area (Å²) < 4.78 is 0. The molecule has 3 unspecified atom stereocenters. The Morgan fingerprint density at radius 3 is 2.91 bits per heavy atom. The summed E-state index contributed by atoms with van der Waals surface area (Å²) in [7, 11) is 0. The van der Waals surface area contributed by atoms with Crippen LogP contribution in [0.15, 0.2) is 29.3 Å². The molecule has 3 atom stereocenters. The van der Waals surface area contributed by atoms with Crippen LogP contribution in [-0.4, -0.2) is 16.7 Å². The molecule has 4 rings (SSSR count). The number of hydroxylamine groups is 1. The quantitative estimate of drug-likeness (QED) is 0.722. The van der Waals surface area contributed by atoms with Gasteiger partial charge in [-0.25, -0.2) is 15.7 Å². The first-order chi connectivity index (χ1) is 10.4. The molecule has 0 bridgehead atoms. The van der Waals surface area contributed by atoms with Crippen LogP contribution < -0.4 is 11.2 Å². The van der Waals surface area contributed by atoms with Gasteiger partial charge in [-0.1, -0.05) is 24.3 Å². The number of hydrogen-bond acceptors (Lipinski definition) is 5. The molecule has 1 fully saturated rings. The Balaban J connectivity index is 1.80. The molecule has 5 nitrogen and oxygen atoms in total. The number of aryl methyl sites for hydroxylation is 1. The van der Waals surface area contributed by atoms with E-state index in [1.54, 1.807) is 0 Å². The monoisotopic (exact) mass is 300 g/mol. The maximum absolute atomic E-state index is 6.15. The average Bonchev–Trinajstić information content (AvgIpc) is 3.16. The maximum Gasteiger partial charge on any atom is 0.237 e. The SMILES string of the molecule is CC(C)(C)NC1=NC2(ON1N)c1ccccc1CCC1CC12. The van der Waals surface area contributed by atoms with Gasteiger partial charge in [0.15, 0.2) is 0 Å². The van der Waals surface area contributed by atoms with E-state index in [9.17, 15) is 0 Å². The third-order valence-electron chi connectivity index (χ3n) is 4.82. The number of hydrogen-bond donors (Lipinski definition) is 2. The van der Waals surface area contributed by atoms with E-state index >= 15 is 0 Å². The predicted octanol–water partition coefficient (Wildman–Crippen LogP) is 2.29. The Kier molecular flexibility index (Phi) is 2.84. The van der Waals surface area contributed by atoms with Crippen molar-refractivity contribution in [2.75, 3.05) is 0 Å². The lowest BCUT2D eigenvalue weighted by Crippen LogP contribution is -2.50. The van der Waals surface area contributed by atoms with E-state index < -0.39 is 5.72 Å². The summed E-state index contributed by atoms with van der Waals surface area (Å²) in [4.78, 5) is 11.1. The van der Waals surface area contributed by atoms with Crippen LogP contribution in [-0.2, 0) is 17.0 Å². The molecule has 1 aromatic rings.